The Morgan fingerprint density at radius 1 is 0.324 bits per heavy atom. The Balaban J connectivity index is 5.35. The molecular weight excluding hydrogens is 464 g/mol. The van der Waals surface area contributed by atoms with Crippen LogP contribution in [0.3, 0.4) is 0 Å². The van der Waals surface area contributed by atoms with Gasteiger partial charge in [-0.3, -0.25) is 48.4 Å². The molecule has 16 heteroatoms. The van der Waals surface area contributed by atoms with Gasteiger partial charge in [-0.1, -0.05) is 0 Å². The Morgan fingerprint density at radius 2 is 0.471 bits per heavy atom. The minimum atomic E-state index is -1.25. The quantitative estimate of drug-likeness (QED) is 0.0916. The molecule has 0 heterocycles. The summed E-state index contributed by atoms with van der Waals surface area (Å²) in [5.74, 6) is -7.52. The summed E-state index contributed by atoms with van der Waals surface area (Å²) in [5, 5.41) is 53.8. The number of carboxylic acid groups (broad SMARTS) is 6. The fraction of sp³-hybridized carbons (Fsp3) is 0.667. The number of nitrogens with zero attached hydrogens (tertiary/aromatic N) is 4. The van der Waals surface area contributed by atoms with Crippen molar-refractivity contribution in [2.45, 2.75) is 0 Å². The molecule has 0 saturated carbocycles. The lowest BCUT2D eigenvalue weighted by Gasteiger charge is -2.30. The summed E-state index contributed by atoms with van der Waals surface area (Å²) in [6.07, 6.45) is 0. The molecule has 194 valence electrons. The molecule has 0 aliphatic carbocycles. The second-order valence-electron chi connectivity index (χ2n) is 7.34. The van der Waals surface area contributed by atoms with Gasteiger partial charge >= 0.3 is 35.8 Å². The zero-order valence-electron chi connectivity index (χ0n) is 18.4. The maximum absolute atomic E-state index is 11.0. The van der Waals surface area contributed by atoms with E-state index in [0.717, 1.165) is 14.7 Å². The van der Waals surface area contributed by atoms with E-state index < -0.39 is 75.1 Å². The summed E-state index contributed by atoms with van der Waals surface area (Å²) in [6, 6.07) is 0. The molecule has 34 heavy (non-hydrogen) atoms. The molecule has 0 atom stereocenters. The van der Waals surface area contributed by atoms with E-state index in [4.69, 9.17) is 30.6 Å². The molecule has 0 amide bonds. The fourth-order valence-electron chi connectivity index (χ4n) is 2.97. The summed E-state index contributed by atoms with van der Waals surface area (Å²) in [7, 11) is 0. The van der Waals surface area contributed by atoms with Crippen LogP contribution in [0.2, 0.25) is 0 Å². The van der Waals surface area contributed by atoms with Crippen LogP contribution in [0.4, 0.5) is 0 Å². The SMILES string of the molecule is O=C(O)CN(CCN(CCN(CC(=O)O)CC(=O)O)CCN(CC(=O)O)CC(=O)O)CC(=O)O. The minimum absolute atomic E-state index is 0.0334. The average molecular weight is 494 g/mol. The molecule has 0 aromatic carbocycles. The van der Waals surface area contributed by atoms with E-state index in [9.17, 15) is 28.8 Å². The Bertz CT molecular complexity index is 589. The van der Waals surface area contributed by atoms with Crippen molar-refractivity contribution in [2.75, 3.05) is 78.5 Å². The molecule has 0 fully saturated rings. The maximum Gasteiger partial charge on any atom is 0.317 e. The topological polar surface area (TPSA) is 237 Å². The van der Waals surface area contributed by atoms with Crippen molar-refractivity contribution in [1.29, 1.82) is 0 Å². The van der Waals surface area contributed by atoms with E-state index in [0.29, 0.717) is 0 Å². The van der Waals surface area contributed by atoms with E-state index >= 15 is 0 Å². The first-order chi connectivity index (χ1) is 15.8. The van der Waals surface area contributed by atoms with Gasteiger partial charge in [-0.2, -0.15) is 0 Å². The van der Waals surface area contributed by atoms with Gasteiger partial charge in [-0.25, -0.2) is 0 Å². The van der Waals surface area contributed by atoms with Crippen molar-refractivity contribution in [3.05, 3.63) is 0 Å². The van der Waals surface area contributed by atoms with Crippen LogP contribution >= 0.6 is 0 Å². The van der Waals surface area contributed by atoms with E-state index in [1.165, 1.54) is 0 Å². The third-order valence-corrected chi connectivity index (χ3v) is 4.35. The zero-order valence-corrected chi connectivity index (χ0v) is 18.4. The van der Waals surface area contributed by atoms with Crippen LogP contribution in [0.15, 0.2) is 0 Å². The smallest absolute Gasteiger partial charge is 0.317 e. The largest absolute Gasteiger partial charge is 0.480 e. The zero-order chi connectivity index (χ0) is 26.3. The van der Waals surface area contributed by atoms with Crippen LogP contribution in [-0.4, -0.2) is 165 Å². The molecule has 0 rings (SSSR count). The van der Waals surface area contributed by atoms with Gasteiger partial charge in [-0.15, -0.1) is 0 Å². The maximum atomic E-state index is 11.0. The average Bonchev–Trinajstić information content (AvgIpc) is 2.63. The van der Waals surface area contributed by atoms with Gasteiger partial charge in [0.2, 0.25) is 0 Å². The molecule has 0 aliphatic rings. The summed E-state index contributed by atoms with van der Waals surface area (Å²) in [6.45, 7) is -3.25. The van der Waals surface area contributed by atoms with Crippen molar-refractivity contribution >= 4 is 35.8 Å². The van der Waals surface area contributed by atoms with E-state index in [-0.39, 0.29) is 39.3 Å². The fourth-order valence-corrected chi connectivity index (χ4v) is 2.97. The van der Waals surface area contributed by atoms with Crippen molar-refractivity contribution in [3.63, 3.8) is 0 Å². The summed E-state index contributed by atoms with van der Waals surface area (Å²) >= 11 is 0. The molecule has 0 aromatic rings. The van der Waals surface area contributed by atoms with Gasteiger partial charge in [0, 0.05) is 39.3 Å². The Morgan fingerprint density at radius 3 is 0.618 bits per heavy atom. The summed E-state index contributed by atoms with van der Waals surface area (Å²) < 4.78 is 0. The number of hydrogen-bond donors (Lipinski definition) is 6. The van der Waals surface area contributed by atoms with E-state index in [1.54, 1.807) is 4.90 Å². The normalized spacial score (nSPS) is 11.3. The third-order valence-electron chi connectivity index (χ3n) is 4.35. The summed E-state index contributed by atoms with van der Waals surface area (Å²) in [4.78, 5) is 71.0. The highest BCUT2D eigenvalue weighted by Crippen LogP contribution is 1.99. The highest BCUT2D eigenvalue weighted by molar-refractivity contribution is 5.73. The molecule has 0 bridgehead atoms. The van der Waals surface area contributed by atoms with Crippen LogP contribution < -0.4 is 0 Å². The van der Waals surface area contributed by atoms with Gasteiger partial charge in [0.05, 0.1) is 39.3 Å². The van der Waals surface area contributed by atoms with Gasteiger partial charge in [0.1, 0.15) is 0 Å². The highest BCUT2D eigenvalue weighted by Gasteiger charge is 2.20. The van der Waals surface area contributed by atoms with E-state index in [2.05, 4.69) is 0 Å². The lowest BCUT2D eigenvalue weighted by molar-refractivity contribution is -0.143. The Labute approximate surface area is 194 Å². The first-order valence-electron chi connectivity index (χ1n) is 9.98. The van der Waals surface area contributed by atoms with Crippen molar-refractivity contribution in [2.24, 2.45) is 0 Å². The monoisotopic (exact) mass is 494 g/mol. The van der Waals surface area contributed by atoms with Crippen molar-refractivity contribution in [3.8, 4) is 0 Å². The van der Waals surface area contributed by atoms with Gasteiger partial charge < -0.3 is 30.6 Å². The predicted octanol–water partition coefficient (Wildman–Crippen LogP) is -3.30. The lowest BCUT2D eigenvalue weighted by Crippen LogP contribution is -2.47. The molecule has 16 nitrogen and oxygen atoms in total. The lowest BCUT2D eigenvalue weighted by atomic mass is 10.3. The van der Waals surface area contributed by atoms with Crippen molar-refractivity contribution in [1.82, 2.24) is 19.6 Å². The number of hydrogen-bond acceptors (Lipinski definition) is 10. The molecule has 0 unspecified atom stereocenters. The third kappa shape index (κ3) is 17.2. The first kappa shape index (κ1) is 30.7. The van der Waals surface area contributed by atoms with Gasteiger partial charge in [-0.05, 0) is 0 Å². The predicted molar refractivity (Wildman–Crippen MR) is 112 cm³/mol. The first-order valence-corrected chi connectivity index (χ1v) is 9.98. The second kappa shape index (κ2) is 16.3. The van der Waals surface area contributed by atoms with Gasteiger partial charge in [0.15, 0.2) is 0 Å². The number of rotatable bonds is 21. The standard InChI is InChI=1S/C18H30N4O12/c23-13(24)7-20(8-14(25)26)4-1-19(2-5-21(9-15(27)28)10-16(29)30)3-6-22(11-17(31)32)12-18(33)34/h1-12H2,(H,23,24)(H,25,26)(H,27,28)(H,29,30)(H,31,32)(H,33,34). The molecule has 0 aromatic heterocycles. The summed E-state index contributed by atoms with van der Waals surface area (Å²) in [5.41, 5.74) is 0. The molecule has 0 saturated heterocycles. The molecule has 0 radical (unpaired) electrons. The Hall–Kier alpha value is -3.34. The minimum Gasteiger partial charge on any atom is -0.480 e. The van der Waals surface area contributed by atoms with Crippen molar-refractivity contribution < 1.29 is 59.4 Å². The number of aliphatic carboxylic acids is 6. The van der Waals surface area contributed by atoms with Crippen LogP contribution in [0.5, 0.6) is 0 Å². The molecule has 6 N–H and O–H groups in total. The molecule has 0 aliphatic heterocycles. The molecular formula is C18H30N4O12. The van der Waals surface area contributed by atoms with Crippen LogP contribution in [-0.2, 0) is 28.8 Å². The number of carboxylic acids is 6. The van der Waals surface area contributed by atoms with Crippen LogP contribution in [0, 0.1) is 0 Å². The number of carbonyl (C=O) groups is 6. The highest BCUT2D eigenvalue weighted by atomic mass is 16.4. The van der Waals surface area contributed by atoms with Crippen LogP contribution in [0.25, 0.3) is 0 Å². The van der Waals surface area contributed by atoms with Crippen LogP contribution in [0.1, 0.15) is 0 Å². The van der Waals surface area contributed by atoms with E-state index in [1.807, 2.05) is 0 Å². The van der Waals surface area contributed by atoms with Gasteiger partial charge in [0.25, 0.3) is 0 Å². The Kier molecular flexibility index (Phi) is 14.7. The second-order valence-corrected chi connectivity index (χ2v) is 7.34. The molecule has 0 spiro atoms.